The summed E-state index contributed by atoms with van der Waals surface area (Å²) in [7, 11) is 0. The van der Waals surface area contributed by atoms with Gasteiger partial charge in [0, 0.05) is 41.2 Å². The molecule has 1 aliphatic rings. The van der Waals surface area contributed by atoms with Gasteiger partial charge in [0.25, 0.3) is 5.91 Å². The normalized spacial score (nSPS) is 14.0. The molecule has 12 heteroatoms. The van der Waals surface area contributed by atoms with Gasteiger partial charge in [-0.3, -0.25) is 15.1 Å². The number of nitrogens with zero attached hydrogens (tertiary/aromatic N) is 5. The number of carbonyl (C=O) groups is 1. The van der Waals surface area contributed by atoms with Crippen molar-refractivity contribution in [2.24, 2.45) is 0 Å². The first-order valence-electron chi connectivity index (χ1n) is 12.1. The molecule has 0 unspecified atom stereocenters. The van der Waals surface area contributed by atoms with Crippen LogP contribution in [0.4, 0.5) is 11.6 Å². The van der Waals surface area contributed by atoms with Crippen molar-refractivity contribution in [1.29, 1.82) is 0 Å². The van der Waals surface area contributed by atoms with Crippen LogP contribution >= 0.6 is 11.3 Å². The van der Waals surface area contributed by atoms with Gasteiger partial charge in [-0.2, -0.15) is 5.10 Å². The van der Waals surface area contributed by atoms with Gasteiger partial charge in [-0.05, 0) is 35.9 Å². The van der Waals surface area contributed by atoms with E-state index in [-0.39, 0.29) is 0 Å². The number of fused-ring (bicyclic) bond motifs is 2. The number of hydrogen-bond donors (Lipinski definition) is 4. The van der Waals surface area contributed by atoms with Crippen molar-refractivity contribution in [2.45, 2.75) is 6.54 Å². The molecular formula is C26H24N8O3S. The predicted molar refractivity (Wildman–Crippen MR) is 146 cm³/mol. The second-order valence-electron chi connectivity index (χ2n) is 8.67. The molecule has 0 radical (unpaired) electrons. The number of rotatable bonds is 7. The van der Waals surface area contributed by atoms with E-state index < -0.39 is 5.91 Å². The number of morpholine rings is 1. The van der Waals surface area contributed by atoms with E-state index >= 15 is 0 Å². The number of carbonyl (C=O) groups excluding carboxylic acids is 1. The van der Waals surface area contributed by atoms with Gasteiger partial charge in [-0.1, -0.05) is 12.1 Å². The smallest absolute Gasteiger partial charge is 0.267 e. The highest BCUT2D eigenvalue weighted by Gasteiger charge is 2.21. The number of ether oxygens (including phenoxy) is 1. The molecule has 0 atom stereocenters. The minimum Gasteiger partial charge on any atom is -0.378 e. The second kappa shape index (κ2) is 10.5. The highest BCUT2D eigenvalue weighted by molar-refractivity contribution is 7.19. The van der Waals surface area contributed by atoms with E-state index in [4.69, 9.17) is 19.9 Å². The summed E-state index contributed by atoms with van der Waals surface area (Å²) in [6.45, 7) is 3.46. The number of aromatic nitrogens is 5. The van der Waals surface area contributed by atoms with Crippen LogP contribution in [0.25, 0.3) is 38.6 Å². The molecule has 0 saturated carbocycles. The zero-order valence-electron chi connectivity index (χ0n) is 20.2. The van der Waals surface area contributed by atoms with Crippen molar-refractivity contribution in [3.63, 3.8) is 0 Å². The van der Waals surface area contributed by atoms with Gasteiger partial charge < -0.3 is 15.0 Å². The van der Waals surface area contributed by atoms with E-state index in [0.717, 1.165) is 56.0 Å². The van der Waals surface area contributed by atoms with Crippen molar-refractivity contribution >= 4 is 56.1 Å². The van der Waals surface area contributed by atoms with E-state index in [1.54, 1.807) is 29.1 Å². The number of anilines is 2. The van der Waals surface area contributed by atoms with Gasteiger partial charge in [0.2, 0.25) is 0 Å². The van der Waals surface area contributed by atoms with E-state index in [2.05, 4.69) is 31.5 Å². The summed E-state index contributed by atoms with van der Waals surface area (Å²) >= 11 is 1.67. The zero-order valence-corrected chi connectivity index (χ0v) is 21.0. The Bertz CT molecular complexity index is 1620. The first kappa shape index (κ1) is 24.0. The van der Waals surface area contributed by atoms with Gasteiger partial charge in [0.15, 0.2) is 11.6 Å². The van der Waals surface area contributed by atoms with E-state index in [1.165, 1.54) is 6.08 Å². The van der Waals surface area contributed by atoms with Crippen molar-refractivity contribution in [2.75, 3.05) is 36.5 Å². The topological polar surface area (TPSA) is 141 Å². The molecule has 5 heterocycles. The van der Waals surface area contributed by atoms with Crippen LogP contribution < -0.4 is 15.7 Å². The molecule has 6 rings (SSSR count). The van der Waals surface area contributed by atoms with Crippen molar-refractivity contribution in [3.05, 3.63) is 65.3 Å². The number of benzene rings is 1. The maximum absolute atomic E-state index is 11.2. The Balaban J connectivity index is 1.29. The third-order valence-electron chi connectivity index (χ3n) is 6.21. The van der Waals surface area contributed by atoms with E-state index in [9.17, 15) is 4.79 Å². The van der Waals surface area contributed by atoms with Crippen LogP contribution in [-0.4, -0.2) is 62.6 Å². The minimum absolute atomic E-state index is 0.575. The van der Waals surface area contributed by atoms with Crippen molar-refractivity contribution in [3.8, 4) is 11.4 Å². The Morgan fingerprint density at radius 1 is 1.18 bits per heavy atom. The Kier molecular flexibility index (Phi) is 6.65. The molecule has 5 aromatic rings. The molecule has 1 fully saturated rings. The minimum atomic E-state index is -0.596. The van der Waals surface area contributed by atoms with Gasteiger partial charge in [0.05, 0.1) is 41.7 Å². The maximum Gasteiger partial charge on any atom is 0.267 e. The van der Waals surface area contributed by atoms with Gasteiger partial charge >= 0.3 is 0 Å². The first-order valence-corrected chi connectivity index (χ1v) is 12.9. The lowest BCUT2D eigenvalue weighted by molar-refractivity contribution is -0.124. The highest BCUT2D eigenvalue weighted by Crippen LogP contribution is 2.36. The van der Waals surface area contributed by atoms with Gasteiger partial charge in [-0.15, -0.1) is 11.3 Å². The number of amides is 1. The molecule has 4 aromatic heterocycles. The third-order valence-corrected chi connectivity index (χ3v) is 7.33. The van der Waals surface area contributed by atoms with Crippen LogP contribution in [0.15, 0.2) is 54.9 Å². The predicted octanol–water partition coefficient (Wildman–Crippen LogP) is 3.60. The molecule has 4 N–H and O–H groups in total. The van der Waals surface area contributed by atoms with Gasteiger partial charge in [0.1, 0.15) is 5.82 Å². The molecule has 0 bridgehead atoms. The number of H-pyrrole nitrogens is 1. The van der Waals surface area contributed by atoms with Crippen LogP contribution in [-0.2, 0) is 16.1 Å². The average Bonchev–Trinajstić information content (AvgIpc) is 3.62. The second-order valence-corrected chi connectivity index (χ2v) is 9.81. The summed E-state index contributed by atoms with van der Waals surface area (Å²) in [6.07, 6.45) is 6.27. The Hall–Kier alpha value is -4.39. The third kappa shape index (κ3) is 4.92. The summed E-state index contributed by atoms with van der Waals surface area (Å²) in [6, 6.07) is 11.8. The Morgan fingerprint density at radius 2 is 2.08 bits per heavy atom. The maximum atomic E-state index is 11.2. The molecule has 0 aliphatic carbocycles. The number of thiophene rings is 1. The monoisotopic (exact) mass is 528 g/mol. The lowest BCUT2D eigenvalue weighted by atomic mass is 10.1. The van der Waals surface area contributed by atoms with E-state index in [1.807, 2.05) is 36.5 Å². The summed E-state index contributed by atoms with van der Waals surface area (Å²) in [5, 5.41) is 20.1. The molecule has 1 aliphatic heterocycles. The standard InChI is InChI=1S/C26H24N8O3S/c35-23(33-36)7-5-16-4-6-22(27-13-16)28-14-17-12-21-24(38-17)26(34-8-10-37-11-9-34)31-25(30-21)18-2-1-3-20-19(18)15-29-32-20/h1-7,12-13,15,36H,8-11,14H2,(H,27,28)(H,29,32)(H,33,35). The molecule has 11 nitrogen and oxygen atoms in total. The lowest BCUT2D eigenvalue weighted by Gasteiger charge is -2.28. The largest absolute Gasteiger partial charge is 0.378 e. The van der Waals surface area contributed by atoms with Crippen LogP contribution in [0.5, 0.6) is 0 Å². The molecule has 1 amide bonds. The van der Waals surface area contributed by atoms with Crippen LogP contribution in [0.2, 0.25) is 0 Å². The molecule has 0 spiro atoms. The number of hydrogen-bond acceptors (Lipinski definition) is 10. The summed E-state index contributed by atoms with van der Waals surface area (Å²) in [5.74, 6) is 1.70. The van der Waals surface area contributed by atoms with Crippen molar-refractivity contribution < 1.29 is 14.7 Å². The number of pyridine rings is 1. The number of aromatic amines is 1. The average molecular weight is 529 g/mol. The molecule has 192 valence electrons. The summed E-state index contributed by atoms with van der Waals surface area (Å²) in [4.78, 5) is 28.9. The Labute approximate surface area is 221 Å². The Morgan fingerprint density at radius 3 is 2.89 bits per heavy atom. The zero-order chi connectivity index (χ0) is 25.9. The molecule has 38 heavy (non-hydrogen) atoms. The summed E-state index contributed by atoms with van der Waals surface area (Å²) < 4.78 is 6.63. The fraction of sp³-hybridized carbons (Fsp3) is 0.192. The first-order chi connectivity index (χ1) is 18.7. The fourth-order valence-corrected chi connectivity index (χ4v) is 5.37. The number of nitrogens with one attached hydrogen (secondary N) is 3. The van der Waals surface area contributed by atoms with Crippen molar-refractivity contribution in [1.82, 2.24) is 30.6 Å². The lowest BCUT2D eigenvalue weighted by Crippen LogP contribution is -2.36. The van der Waals surface area contributed by atoms with E-state index in [0.29, 0.717) is 31.4 Å². The number of hydroxylamine groups is 1. The highest BCUT2D eigenvalue weighted by atomic mass is 32.1. The fourth-order valence-electron chi connectivity index (χ4n) is 4.32. The summed E-state index contributed by atoms with van der Waals surface area (Å²) in [5.41, 5.74) is 5.08. The molecule has 1 saturated heterocycles. The van der Waals surface area contributed by atoms with Crippen LogP contribution in [0, 0.1) is 0 Å². The van der Waals surface area contributed by atoms with Crippen LogP contribution in [0.1, 0.15) is 10.4 Å². The van der Waals surface area contributed by atoms with Crippen LogP contribution in [0.3, 0.4) is 0 Å². The molecular weight excluding hydrogens is 504 g/mol. The SMILES string of the molecule is O=C(C=Cc1ccc(NCc2cc3nc(-c4cccc5[nH]ncc45)nc(N4CCOCC4)c3s2)nc1)NO. The molecule has 1 aromatic carbocycles. The quantitative estimate of drug-likeness (QED) is 0.142. The van der Waals surface area contributed by atoms with Gasteiger partial charge in [-0.25, -0.2) is 20.4 Å².